The van der Waals surface area contributed by atoms with Crippen LogP contribution in [0.15, 0.2) is 48.5 Å². The van der Waals surface area contributed by atoms with Crippen LogP contribution in [0, 0.1) is 5.92 Å². The van der Waals surface area contributed by atoms with E-state index in [4.69, 9.17) is 0 Å². The molecule has 0 aromatic heterocycles. The van der Waals surface area contributed by atoms with Crippen molar-refractivity contribution in [1.82, 2.24) is 10.2 Å². The molecule has 0 unspecified atom stereocenters. The summed E-state index contributed by atoms with van der Waals surface area (Å²) in [7, 11) is 0. The number of amides is 2. The highest BCUT2D eigenvalue weighted by Crippen LogP contribution is 2.23. The first-order valence-electron chi connectivity index (χ1n) is 10.6. The second-order valence-corrected chi connectivity index (χ2v) is 8.05. The lowest BCUT2D eigenvalue weighted by molar-refractivity contribution is -0.136. The Morgan fingerprint density at radius 1 is 1.03 bits per heavy atom. The number of hydrogen-bond donors (Lipinski definition) is 2. The Morgan fingerprint density at radius 3 is 2.37 bits per heavy atom. The van der Waals surface area contributed by atoms with E-state index >= 15 is 0 Å². The molecule has 2 aromatic rings. The third-order valence-corrected chi connectivity index (χ3v) is 6.19. The number of anilines is 1. The molecule has 2 aromatic carbocycles. The van der Waals surface area contributed by atoms with Crippen LogP contribution in [0.2, 0.25) is 0 Å². The zero-order chi connectivity index (χ0) is 20.2. The SMILES string of the molecule is CCc1ccc(NC(=O)C2CCN(C(=O)[C@@H]3Cc4ccccc4CN3)CC2)cc1.Cl. The average molecular weight is 428 g/mol. The molecule has 160 valence electrons. The van der Waals surface area contributed by atoms with E-state index in [1.165, 1.54) is 16.7 Å². The van der Waals surface area contributed by atoms with Gasteiger partial charge in [0.2, 0.25) is 11.8 Å². The molecule has 2 aliphatic rings. The maximum atomic E-state index is 13.0. The Morgan fingerprint density at radius 2 is 1.70 bits per heavy atom. The number of benzene rings is 2. The fraction of sp³-hybridized carbons (Fsp3) is 0.417. The first-order valence-corrected chi connectivity index (χ1v) is 10.6. The standard InChI is InChI=1S/C24H29N3O2.ClH/c1-2-17-7-9-21(10-8-17)26-23(28)18-11-13-27(14-12-18)24(29)22-15-19-5-3-4-6-20(19)16-25-22;/h3-10,18,22,25H,2,11-16H2,1H3,(H,26,28);1H/t22-;/m0./s1. The van der Waals surface area contributed by atoms with E-state index in [1.807, 2.05) is 41.3 Å². The lowest BCUT2D eigenvalue weighted by Gasteiger charge is -2.35. The molecule has 6 heteroatoms. The Hall–Kier alpha value is -2.37. The van der Waals surface area contributed by atoms with Crippen LogP contribution in [-0.2, 0) is 29.0 Å². The summed E-state index contributed by atoms with van der Waals surface area (Å²) in [5.74, 6) is 0.185. The maximum Gasteiger partial charge on any atom is 0.240 e. The molecule has 2 amide bonds. The molecule has 0 bridgehead atoms. The van der Waals surface area contributed by atoms with Crippen molar-refractivity contribution < 1.29 is 9.59 Å². The van der Waals surface area contributed by atoms with Gasteiger partial charge in [0, 0.05) is 31.2 Å². The topological polar surface area (TPSA) is 61.4 Å². The summed E-state index contributed by atoms with van der Waals surface area (Å²) in [6.45, 7) is 4.14. The number of nitrogens with one attached hydrogen (secondary N) is 2. The summed E-state index contributed by atoms with van der Waals surface area (Å²) in [6, 6.07) is 16.2. The number of piperidine rings is 1. The van der Waals surface area contributed by atoms with Gasteiger partial charge in [0.15, 0.2) is 0 Å². The van der Waals surface area contributed by atoms with Gasteiger partial charge in [0.05, 0.1) is 6.04 Å². The molecule has 0 aliphatic carbocycles. The van der Waals surface area contributed by atoms with Gasteiger partial charge in [0.25, 0.3) is 0 Å². The van der Waals surface area contributed by atoms with E-state index in [0.29, 0.717) is 25.9 Å². The van der Waals surface area contributed by atoms with Crippen LogP contribution < -0.4 is 10.6 Å². The summed E-state index contributed by atoms with van der Waals surface area (Å²) in [6.07, 6.45) is 3.16. The second-order valence-electron chi connectivity index (χ2n) is 8.05. The van der Waals surface area contributed by atoms with Gasteiger partial charge in [-0.2, -0.15) is 0 Å². The van der Waals surface area contributed by atoms with E-state index in [0.717, 1.165) is 25.1 Å². The molecule has 2 heterocycles. The highest BCUT2D eigenvalue weighted by molar-refractivity contribution is 5.93. The normalized spacial score (nSPS) is 18.8. The largest absolute Gasteiger partial charge is 0.341 e. The number of rotatable bonds is 4. The number of likely N-dealkylation sites (tertiary alicyclic amines) is 1. The van der Waals surface area contributed by atoms with Crippen molar-refractivity contribution in [2.75, 3.05) is 18.4 Å². The van der Waals surface area contributed by atoms with E-state index in [1.54, 1.807) is 0 Å². The smallest absolute Gasteiger partial charge is 0.240 e. The van der Waals surface area contributed by atoms with E-state index in [2.05, 4.69) is 29.7 Å². The van der Waals surface area contributed by atoms with Crippen molar-refractivity contribution in [1.29, 1.82) is 0 Å². The van der Waals surface area contributed by atoms with E-state index in [-0.39, 0.29) is 36.2 Å². The Kier molecular flexibility index (Phi) is 7.51. The van der Waals surface area contributed by atoms with Crippen molar-refractivity contribution in [2.24, 2.45) is 5.92 Å². The highest BCUT2D eigenvalue weighted by Gasteiger charge is 2.32. The fourth-order valence-corrected chi connectivity index (χ4v) is 4.28. The molecule has 0 saturated carbocycles. The van der Waals surface area contributed by atoms with Gasteiger partial charge in [-0.05, 0) is 54.5 Å². The van der Waals surface area contributed by atoms with Gasteiger partial charge in [-0.15, -0.1) is 12.4 Å². The predicted octanol–water partition coefficient (Wildman–Crippen LogP) is 3.56. The van der Waals surface area contributed by atoms with Crippen molar-refractivity contribution in [3.8, 4) is 0 Å². The second kappa shape index (κ2) is 10.1. The van der Waals surface area contributed by atoms with Crippen LogP contribution in [0.25, 0.3) is 0 Å². The van der Waals surface area contributed by atoms with Crippen molar-refractivity contribution in [2.45, 2.75) is 45.2 Å². The summed E-state index contributed by atoms with van der Waals surface area (Å²) in [4.78, 5) is 27.5. The van der Waals surface area contributed by atoms with E-state index < -0.39 is 0 Å². The molecule has 1 atom stereocenters. The number of carbonyl (C=O) groups is 2. The fourth-order valence-electron chi connectivity index (χ4n) is 4.28. The third kappa shape index (κ3) is 5.02. The summed E-state index contributed by atoms with van der Waals surface area (Å²) in [5, 5.41) is 6.40. The van der Waals surface area contributed by atoms with Crippen LogP contribution in [0.3, 0.4) is 0 Å². The summed E-state index contributed by atoms with van der Waals surface area (Å²) in [5.41, 5.74) is 4.64. The van der Waals surface area contributed by atoms with Crippen molar-refractivity contribution in [3.63, 3.8) is 0 Å². The first kappa shape index (κ1) is 22.3. The molecule has 0 spiro atoms. The highest BCUT2D eigenvalue weighted by atomic mass is 35.5. The lowest BCUT2D eigenvalue weighted by Crippen LogP contribution is -2.52. The monoisotopic (exact) mass is 427 g/mol. The zero-order valence-corrected chi connectivity index (χ0v) is 18.2. The van der Waals surface area contributed by atoms with Crippen LogP contribution in [0.4, 0.5) is 5.69 Å². The Labute approximate surface area is 184 Å². The predicted molar refractivity (Wildman–Crippen MR) is 122 cm³/mol. The molecular formula is C24H30ClN3O2. The number of hydrogen-bond acceptors (Lipinski definition) is 3. The summed E-state index contributed by atoms with van der Waals surface area (Å²) < 4.78 is 0. The minimum Gasteiger partial charge on any atom is -0.341 e. The van der Waals surface area contributed by atoms with Gasteiger partial charge in [0.1, 0.15) is 0 Å². The number of nitrogens with zero attached hydrogens (tertiary/aromatic N) is 1. The summed E-state index contributed by atoms with van der Waals surface area (Å²) >= 11 is 0. The molecule has 30 heavy (non-hydrogen) atoms. The van der Waals surface area contributed by atoms with Gasteiger partial charge in [-0.1, -0.05) is 43.3 Å². The Balaban J connectivity index is 0.00000256. The molecule has 2 N–H and O–H groups in total. The molecule has 0 radical (unpaired) electrons. The lowest BCUT2D eigenvalue weighted by atomic mass is 9.92. The maximum absolute atomic E-state index is 13.0. The minimum absolute atomic E-state index is 0. The van der Waals surface area contributed by atoms with Crippen molar-refractivity contribution >= 4 is 29.9 Å². The van der Waals surface area contributed by atoms with E-state index in [9.17, 15) is 9.59 Å². The van der Waals surface area contributed by atoms with Crippen LogP contribution >= 0.6 is 12.4 Å². The van der Waals surface area contributed by atoms with Crippen LogP contribution in [0.5, 0.6) is 0 Å². The van der Waals surface area contributed by atoms with Gasteiger partial charge in [-0.3, -0.25) is 9.59 Å². The number of carbonyl (C=O) groups excluding carboxylic acids is 2. The van der Waals surface area contributed by atoms with Gasteiger partial charge >= 0.3 is 0 Å². The van der Waals surface area contributed by atoms with Gasteiger partial charge in [-0.25, -0.2) is 0 Å². The number of fused-ring (bicyclic) bond motifs is 1. The number of halogens is 1. The van der Waals surface area contributed by atoms with Crippen LogP contribution in [0.1, 0.15) is 36.5 Å². The minimum atomic E-state index is -0.160. The molecular weight excluding hydrogens is 398 g/mol. The quantitative estimate of drug-likeness (QED) is 0.784. The molecule has 1 saturated heterocycles. The number of aryl methyl sites for hydroxylation is 1. The zero-order valence-electron chi connectivity index (χ0n) is 17.4. The molecule has 2 aliphatic heterocycles. The Bertz CT molecular complexity index is 876. The third-order valence-electron chi connectivity index (χ3n) is 6.19. The van der Waals surface area contributed by atoms with Crippen molar-refractivity contribution in [3.05, 3.63) is 65.2 Å². The van der Waals surface area contributed by atoms with Crippen LogP contribution in [-0.4, -0.2) is 35.8 Å². The molecule has 4 rings (SSSR count). The van der Waals surface area contributed by atoms with Gasteiger partial charge < -0.3 is 15.5 Å². The average Bonchev–Trinajstić information content (AvgIpc) is 2.79. The first-order chi connectivity index (χ1) is 14.1. The molecule has 1 fully saturated rings. The molecule has 5 nitrogen and oxygen atoms in total.